The molecule has 38 heavy (non-hydrogen) atoms. The molecule has 5 rings (SSSR count). The Labute approximate surface area is 225 Å². The van der Waals surface area contributed by atoms with Crippen LogP contribution in [0.1, 0.15) is 22.3 Å². The molecule has 0 radical (unpaired) electrons. The largest absolute Gasteiger partial charge is 0.368 e. The van der Waals surface area contributed by atoms with Crippen LogP contribution in [0, 0.1) is 0 Å². The van der Waals surface area contributed by atoms with E-state index >= 15 is 0 Å². The van der Waals surface area contributed by atoms with Crippen molar-refractivity contribution >= 4 is 0 Å². The summed E-state index contributed by atoms with van der Waals surface area (Å²) in [6.45, 7) is 1.90. The monoisotopic (exact) mass is 506 g/mol. The number of rotatable bonds is 12. The number of hydrogen-bond donors (Lipinski definition) is 0. The van der Waals surface area contributed by atoms with Crippen LogP contribution >= 0.6 is 0 Å². The van der Waals surface area contributed by atoms with Gasteiger partial charge in [-0.25, -0.2) is 0 Å². The third-order valence-corrected chi connectivity index (χ3v) is 6.60. The molecule has 194 valence electrons. The van der Waals surface area contributed by atoms with Gasteiger partial charge in [-0.05, 0) is 22.3 Å². The summed E-state index contributed by atoms with van der Waals surface area (Å²) in [6, 6.07) is 40.8. The van der Waals surface area contributed by atoms with Gasteiger partial charge in [0.05, 0.1) is 26.4 Å². The van der Waals surface area contributed by atoms with E-state index in [9.17, 15) is 0 Å². The Hall–Kier alpha value is -3.54. The average Bonchev–Trinajstić information content (AvgIpc) is 2.99. The van der Waals surface area contributed by atoms with Crippen LogP contribution in [0.3, 0.4) is 0 Å². The van der Waals surface area contributed by atoms with Gasteiger partial charge < -0.3 is 18.9 Å². The molecule has 4 nitrogen and oxygen atoms in total. The molecular formula is C34H34O4. The maximum Gasteiger partial charge on any atom is 0.117 e. The number of benzene rings is 4. The summed E-state index contributed by atoms with van der Waals surface area (Å²) in [5.74, 6) is 0. The van der Waals surface area contributed by atoms with Crippen molar-refractivity contribution in [1.29, 1.82) is 0 Å². The van der Waals surface area contributed by atoms with Crippen LogP contribution in [0.4, 0.5) is 0 Å². The normalized spacial score (nSPS) is 20.8. The van der Waals surface area contributed by atoms with Crippen LogP contribution in [-0.2, 0) is 45.4 Å². The van der Waals surface area contributed by atoms with Crippen molar-refractivity contribution in [2.45, 2.75) is 50.8 Å². The molecule has 0 saturated heterocycles. The molecule has 0 saturated carbocycles. The molecule has 1 aliphatic rings. The maximum atomic E-state index is 6.57. The molecule has 4 heteroatoms. The van der Waals surface area contributed by atoms with Crippen LogP contribution in [0.25, 0.3) is 0 Å². The fourth-order valence-corrected chi connectivity index (χ4v) is 4.56. The van der Waals surface area contributed by atoms with E-state index in [0.717, 1.165) is 22.3 Å². The minimum atomic E-state index is -0.353. The van der Waals surface area contributed by atoms with E-state index in [-0.39, 0.29) is 24.4 Å². The summed E-state index contributed by atoms with van der Waals surface area (Å²) in [4.78, 5) is 0. The van der Waals surface area contributed by atoms with Crippen molar-refractivity contribution in [3.63, 3.8) is 0 Å². The molecule has 4 atom stereocenters. The molecule has 0 unspecified atom stereocenters. The molecule has 0 N–H and O–H groups in total. The standard InChI is InChI=1S/C34H34O4/c1-5-13-27(14-6-1)23-35-31-21-22-32(36-24-28-15-7-2-8-16-28)34(38-26-30-19-11-4-12-20-30)33(31)37-25-29-17-9-3-10-18-29/h1-22,31-34H,23-26H2/t31-,32-,33-,34-/m1/s1. The first-order chi connectivity index (χ1) is 18.8. The Morgan fingerprint density at radius 3 is 0.895 bits per heavy atom. The quantitative estimate of drug-likeness (QED) is 0.196. The number of hydrogen-bond acceptors (Lipinski definition) is 4. The lowest BCUT2D eigenvalue weighted by Gasteiger charge is -2.39. The molecule has 4 aromatic rings. The maximum absolute atomic E-state index is 6.57. The Morgan fingerprint density at radius 2 is 0.605 bits per heavy atom. The lowest BCUT2D eigenvalue weighted by Crippen LogP contribution is -2.51. The van der Waals surface area contributed by atoms with Crippen LogP contribution in [-0.4, -0.2) is 24.4 Å². The third kappa shape index (κ3) is 7.50. The first-order valence-electron chi connectivity index (χ1n) is 13.2. The van der Waals surface area contributed by atoms with E-state index in [0.29, 0.717) is 26.4 Å². The smallest absolute Gasteiger partial charge is 0.117 e. The lowest BCUT2D eigenvalue weighted by atomic mass is 9.95. The van der Waals surface area contributed by atoms with Gasteiger partial charge in [0.15, 0.2) is 0 Å². The zero-order valence-corrected chi connectivity index (χ0v) is 21.5. The van der Waals surface area contributed by atoms with Gasteiger partial charge in [0.1, 0.15) is 24.4 Å². The van der Waals surface area contributed by atoms with Gasteiger partial charge in [-0.2, -0.15) is 0 Å². The first kappa shape index (κ1) is 26.1. The summed E-state index contributed by atoms with van der Waals surface area (Å²) in [5, 5.41) is 0. The van der Waals surface area contributed by atoms with Crippen molar-refractivity contribution in [3.05, 3.63) is 156 Å². The SMILES string of the molecule is C1=C[C@@H](OCc2ccccc2)[C@@H](OCc2ccccc2)[C@H](OCc2ccccc2)[C@@H]1OCc1ccccc1. The summed E-state index contributed by atoms with van der Waals surface area (Å²) in [6.07, 6.45) is 2.86. The third-order valence-electron chi connectivity index (χ3n) is 6.60. The molecule has 0 aliphatic heterocycles. The Morgan fingerprint density at radius 1 is 0.342 bits per heavy atom. The van der Waals surface area contributed by atoms with Gasteiger partial charge in [-0.15, -0.1) is 0 Å². The predicted octanol–water partition coefficient (Wildman–Crippen LogP) is 6.90. The highest BCUT2D eigenvalue weighted by Crippen LogP contribution is 2.28. The number of ether oxygens (including phenoxy) is 4. The predicted molar refractivity (Wildman–Crippen MR) is 149 cm³/mol. The van der Waals surface area contributed by atoms with E-state index in [2.05, 4.69) is 60.7 Å². The van der Waals surface area contributed by atoms with Crippen LogP contribution in [0.15, 0.2) is 133 Å². The second kappa shape index (κ2) is 13.8. The highest BCUT2D eigenvalue weighted by molar-refractivity contribution is 5.18. The van der Waals surface area contributed by atoms with Crippen molar-refractivity contribution in [3.8, 4) is 0 Å². The zero-order valence-electron chi connectivity index (χ0n) is 21.5. The molecular weight excluding hydrogens is 472 g/mol. The summed E-state index contributed by atoms with van der Waals surface area (Å²) >= 11 is 0. The van der Waals surface area contributed by atoms with Crippen molar-refractivity contribution in [2.24, 2.45) is 0 Å². The second-order valence-corrected chi connectivity index (χ2v) is 9.43. The van der Waals surface area contributed by atoms with Crippen LogP contribution < -0.4 is 0 Å². The molecule has 0 aromatic heterocycles. The van der Waals surface area contributed by atoms with Gasteiger partial charge in [0, 0.05) is 0 Å². The van der Waals surface area contributed by atoms with E-state index < -0.39 is 0 Å². The van der Waals surface area contributed by atoms with Gasteiger partial charge >= 0.3 is 0 Å². The topological polar surface area (TPSA) is 36.9 Å². The molecule has 0 heterocycles. The van der Waals surface area contributed by atoms with E-state index in [1.807, 2.05) is 72.8 Å². The van der Waals surface area contributed by atoms with E-state index in [1.54, 1.807) is 0 Å². The fraction of sp³-hybridized carbons (Fsp3) is 0.235. The molecule has 4 aromatic carbocycles. The second-order valence-electron chi connectivity index (χ2n) is 9.43. The first-order valence-corrected chi connectivity index (χ1v) is 13.2. The van der Waals surface area contributed by atoms with Gasteiger partial charge in [-0.1, -0.05) is 133 Å². The minimum absolute atomic E-state index is 0.281. The molecule has 0 bridgehead atoms. The average molecular weight is 507 g/mol. The molecule has 0 fully saturated rings. The van der Waals surface area contributed by atoms with Crippen molar-refractivity contribution in [1.82, 2.24) is 0 Å². The van der Waals surface area contributed by atoms with Gasteiger partial charge in [0.2, 0.25) is 0 Å². The van der Waals surface area contributed by atoms with Gasteiger partial charge in [-0.3, -0.25) is 0 Å². The Bertz CT molecular complexity index is 1130. The van der Waals surface area contributed by atoms with Crippen LogP contribution in [0.5, 0.6) is 0 Å². The van der Waals surface area contributed by atoms with E-state index in [4.69, 9.17) is 18.9 Å². The van der Waals surface area contributed by atoms with E-state index in [1.165, 1.54) is 0 Å². The summed E-state index contributed by atoms with van der Waals surface area (Å²) in [7, 11) is 0. The Balaban J connectivity index is 1.37. The van der Waals surface area contributed by atoms with Crippen molar-refractivity contribution < 1.29 is 18.9 Å². The molecule has 0 amide bonds. The lowest BCUT2D eigenvalue weighted by molar-refractivity contribution is -0.178. The van der Waals surface area contributed by atoms with Crippen molar-refractivity contribution in [2.75, 3.05) is 0 Å². The highest BCUT2D eigenvalue weighted by Gasteiger charge is 2.39. The molecule has 1 aliphatic carbocycles. The highest BCUT2D eigenvalue weighted by atomic mass is 16.6. The summed E-state index contributed by atoms with van der Waals surface area (Å²) in [5.41, 5.74) is 4.44. The summed E-state index contributed by atoms with van der Waals surface area (Å²) < 4.78 is 26.0. The minimum Gasteiger partial charge on any atom is -0.368 e. The Kier molecular flexibility index (Phi) is 9.50. The van der Waals surface area contributed by atoms with Gasteiger partial charge in [0.25, 0.3) is 0 Å². The zero-order chi connectivity index (χ0) is 25.8. The molecule has 0 spiro atoms. The fourth-order valence-electron chi connectivity index (χ4n) is 4.56. The van der Waals surface area contributed by atoms with Crippen LogP contribution in [0.2, 0.25) is 0 Å².